The maximum atomic E-state index is 12.1. The Kier molecular flexibility index (Phi) is 6.14. The average Bonchev–Trinajstić information content (AvgIpc) is 2.87. The van der Waals surface area contributed by atoms with Gasteiger partial charge in [-0.05, 0) is 32.1 Å². The summed E-state index contributed by atoms with van der Waals surface area (Å²) in [6, 6.07) is -0.418. The molecule has 1 aromatic heterocycles. The minimum absolute atomic E-state index is 0.0501. The number of carbonyl (C=O) groups excluding carboxylic acids is 1. The molecule has 1 aromatic rings. The highest BCUT2D eigenvalue weighted by Crippen LogP contribution is 2.19. The van der Waals surface area contributed by atoms with Gasteiger partial charge in [-0.2, -0.15) is 0 Å². The summed E-state index contributed by atoms with van der Waals surface area (Å²) in [5, 5.41) is 4.02. The summed E-state index contributed by atoms with van der Waals surface area (Å²) in [5.74, 6) is 0.193. The topological polar surface area (TPSA) is 77.2 Å². The molecule has 2 rings (SSSR count). The van der Waals surface area contributed by atoms with E-state index in [0.29, 0.717) is 19.8 Å². The number of nitrogens with two attached hydrogens (primary N) is 1. The van der Waals surface area contributed by atoms with Crippen LogP contribution in [0.3, 0.4) is 0 Å². The summed E-state index contributed by atoms with van der Waals surface area (Å²) < 4.78 is 5.30. The van der Waals surface area contributed by atoms with Crippen LogP contribution in [-0.4, -0.2) is 36.7 Å². The summed E-state index contributed by atoms with van der Waals surface area (Å²) >= 11 is 1.72. The van der Waals surface area contributed by atoms with E-state index in [0.717, 1.165) is 30.7 Å². The normalized spacial score (nSPS) is 17.7. The maximum Gasteiger partial charge on any atom is 0.237 e. The SMILES string of the molecule is CCc1nc(CCNC(=O)C(N)C2CCOCC2)sc1C. The molecule has 1 fully saturated rings. The van der Waals surface area contributed by atoms with Crippen LogP contribution in [-0.2, 0) is 22.4 Å². The maximum absolute atomic E-state index is 12.1. The van der Waals surface area contributed by atoms with Crippen molar-refractivity contribution < 1.29 is 9.53 Å². The van der Waals surface area contributed by atoms with Gasteiger partial charge in [0.05, 0.1) is 16.7 Å². The molecule has 1 aliphatic heterocycles. The molecule has 1 amide bonds. The molecule has 0 saturated carbocycles. The fourth-order valence-corrected chi connectivity index (χ4v) is 3.64. The molecule has 1 aliphatic rings. The highest BCUT2D eigenvalue weighted by atomic mass is 32.1. The summed E-state index contributed by atoms with van der Waals surface area (Å²) in [4.78, 5) is 17.9. The fraction of sp³-hybridized carbons (Fsp3) is 0.733. The quantitative estimate of drug-likeness (QED) is 0.833. The predicted molar refractivity (Wildman–Crippen MR) is 84.5 cm³/mol. The number of rotatable bonds is 6. The van der Waals surface area contributed by atoms with Crippen molar-refractivity contribution in [2.45, 2.75) is 45.6 Å². The van der Waals surface area contributed by atoms with Crippen LogP contribution in [0.4, 0.5) is 0 Å². The van der Waals surface area contributed by atoms with Crippen LogP contribution in [0.5, 0.6) is 0 Å². The van der Waals surface area contributed by atoms with Crippen LogP contribution in [0.2, 0.25) is 0 Å². The van der Waals surface area contributed by atoms with Gasteiger partial charge in [0.2, 0.25) is 5.91 Å². The minimum atomic E-state index is -0.418. The molecule has 5 nitrogen and oxygen atoms in total. The Morgan fingerprint density at radius 1 is 1.52 bits per heavy atom. The first-order valence-electron chi connectivity index (χ1n) is 7.68. The van der Waals surface area contributed by atoms with Gasteiger partial charge in [-0.1, -0.05) is 6.92 Å². The minimum Gasteiger partial charge on any atom is -0.381 e. The van der Waals surface area contributed by atoms with Crippen molar-refractivity contribution in [3.05, 3.63) is 15.6 Å². The van der Waals surface area contributed by atoms with Crippen molar-refractivity contribution in [3.63, 3.8) is 0 Å². The van der Waals surface area contributed by atoms with E-state index >= 15 is 0 Å². The van der Waals surface area contributed by atoms with Crippen molar-refractivity contribution in [1.29, 1.82) is 0 Å². The molecular formula is C15H25N3O2S. The lowest BCUT2D eigenvalue weighted by molar-refractivity contribution is -0.124. The summed E-state index contributed by atoms with van der Waals surface area (Å²) in [6.45, 7) is 6.24. The highest BCUT2D eigenvalue weighted by molar-refractivity contribution is 7.11. The number of thiazole rings is 1. The lowest BCUT2D eigenvalue weighted by Crippen LogP contribution is -2.47. The largest absolute Gasteiger partial charge is 0.381 e. The molecule has 1 atom stereocenters. The van der Waals surface area contributed by atoms with Gasteiger partial charge in [0, 0.05) is 31.1 Å². The number of aromatic nitrogens is 1. The van der Waals surface area contributed by atoms with Crippen molar-refractivity contribution in [1.82, 2.24) is 10.3 Å². The third-order valence-corrected chi connectivity index (χ3v) is 5.06. The number of hydrogen-bond acceptors (Lipinski definition) is 5. The molecule has 2 heterocycles. The van der Waals surface area contributed by atoms with Gasteiger partial charge in [0.1, 0.15) is 0 Å². The Morgan fingerprint density at radius 3 is 2.86 bits per heavy atom. The Morgan fingerprint density at radius 2 is 2.24 bits per heavy atom. The highest BCUT2D eigenvalue weighted by Gasteiger charge is 2.26. The molecule has 6 heteroatoms. The van der Waals surface area contributed by atoms with Gasteiger partial charge in [0.15, 0.2) is 0 Å². The molecule has 0 aliphatic carbocycles. The number of aryl methyl sites for hydroxylation is 2. The average molecular weight is 311 g/mol. The Balaban J connectivity index is 1.75. The van der Waals surface area contributed by atoms with Crippen molar-refractivity contribution in [3.8, 4) is 0 Å². The Labute approximate surface area is 130 Å². The Bertz CT molecular complexity index is 469. The molecule has 118 valence electrons. The molecule has 1 saturated heterocycles. The van der Waals surface area contributed by atoms with Crippen LogP contribution < -0.4 is 11.1 Å². The first-order valence-corrected chi connectivity index (χ1v) is 8.49. The standard InChI is InChI=1S/C15H25N3O2S/c1-3-12-10(2)21-13(18-12)4-7-17-15(19)14(16)11-5-8-20-9-6-11/h11,14H,3-9,16H2,1-2H3,(H,17,19). The van der Waals surface area contributed by atoms with Gasteiger partial charge in [-0.3, -0.25) is 4.79 Å². The molecule has 0 bridgehead atoms. The number of amides is 1. The van der Waals surface area contributed by atoms with Gasteiger partial charge >= 0.3 is 0 Å². The van der Waals surface area contributed by atoms with Gasteiger partial charge in [0.25, 0.3) is 0 Å². The second-order valence-electron chi connectivity index (χ2n) is 5.48. The lowest BCUT2D eigenvalue weighted by atomic mass is 9.92. The first-order chi connectivity index (χ1) is 10.1. The monoisotopic (exact) mass is 311 g/mol. The molecule has 0 radical (unpaired) electrons. The number of ether oxygens (including phenoxy) is 1. The third kappa shape index (κ3) is 4.49. The van der Waals surface area contributed by atoms with E-state index in [-0.39, 0.29) is 11.8 Å². The van der Waals surface area contributed by atoms with E-state index in [1.165, 1.54) is 10.6 Å². The van der Waals surface area contributed by atoms with E-state index in [1.54, 1.807) is 11.3 Å². The second kappa shape index (κ2) is 7.87. The summed E-state index contributed by atoms with van der Waals surface area (Å²) in [5.41, 5.74) is 7.21. The first kappa shape index (κ1) is 16.4. The van der Waals surface area contributed by atoms with Crippen LogP contribution in [0, 0.1) is 12.8 Å². The van der Waals surface area contributed by atoms with Gasteiger partial charge in [-0.25, -0.2) is 4.98 Å². The smallest absolute Gasteiger partial charge is 0.237 e. The predicted octanol–water partition coefficient (Wildman–Crippen LogP) is 1.43. The molecule has 0 aromatic carbocycles. The molecular weight excluding hydrogens is 286 g/mol. The number of carbonyl (C=O) groups is 1. The van der Waals surface area contributed by atoms with E-state index in [9.17, 15) is 4.79 Å². The zero-order chi connectivity index (χ0) is 15.2. The van der Waals surface area contributed by atoms with Crippen molar-refractivity contribution in [2.24, 2.45) is 11.7 Å². The fourth-order valence-electron chi connectivity index (χ4n) is 2.62. The van der Waals surface area contributed by atoms with E-state index in [4.69, 9.17) is 10.5 Å². The Hall–Kier alpha value is -0.980. The van der Waals surface area contributed by atoms with E-state index < -0.39 is 6.04 Å². The van der Waals surface area contributed by atoms with Gasteiger partial charge < -0.3 is 15.8 Å². The van der Waals surface area contributed by atoms with Crippen LogP contribution in [0.1, 0.15) is 35.3 Å². The summed E-state index contributed by atoms with van der Waals surface area (Å²) in [7, 11) is 0. The van der Waals surface area contributed by atoms with E-state index in [2.05, 4.69) is 24.1 Å². The third-order valence-electron chi connectivity index (χ3n) is 3.99. The van der Waals surface area contributed by atoms with Crippen LogP contribution in [0.25, 0.3) is 0 Å². The molecule has 0 spiro atoms. The molecule has 21 heavy (non-hydrogen) atoms. The number of nitrogens with one attached hydrogen (secondary N) is 1. The number of hydrogen-bond donors (Lipinski definition) is 2. The van der Waals surface area contributed by atoms with E-state index in [1.807, 2.05) is 0 Å². The van der Waals surface area contributed by atoms with Crippen LogP contribution in [0.15, 0.2) is 0 Å². The van der Waals surface area contributed by atoms with Gasteiger partial charge in [-0.15, -0.1) is 11.3 Å². The molecule has 1 unspecified atom stereocenters. The summed E-state index contributed by atoms with van der Waals surface area (Å²) in [6.07, 6.45) is 3.49. The van der Waals surface area contributed by atoms with Crippen molar-refractivity contribution in [2.75, 3.05) is 19.8 Å². The van der Waals surface area contributed by atoms with Crippen LogP contribution >= 0.6 is 11.3 Å². The molecule has 3 N–H and O–H groups in total. The zero-order valence-electron chi connectivity index (χ0n) is 12.9. The second-order valence-corrected chi connectivity index (χ2v) is 6.77. The number of nitrogens with zero attached hydrogens (tertiary/aromatic N) is 1. The lowest BCUT2D eigenvalue weighted by Gasteiger charge is -2.26. The van der Waals surface area contributed by atoms with Crippen molar-refractivity contribution >= 4 is 17.2 Å². The zero-order valence-corrected chi connectivity index (χ0v) is 13.7.